The lowest BCUT2D eigenvalue weighted by atomic mass is 10.2. The van der Waals surface area contributed by atoms with Crippen LogP contribution in [0.4, 0.5) is 0 Å². The van der Waals surface area contributed by atoms with Crippen LogP contribution in [0.1, 0.15) is 12.5 Å². The van der Waals surface area contributed by atoms with E-state index >= 15 is 0 Å². The Morgan fingerprint density at radius 3 is 2.85 bits per heavy atom. The van der Waals surface area contributed by atoms with Crippen molar-refractivity contribution in [1.29, 1.82) is 0 Å². The number of halogens is 1. The summed E-state index contributed by atoms with van der Waals surface area (Å²) in [6.45, 7) is 4.39. The molecule has 0 saturated carbocycles. The Labute approximate surface area is 133 Å². The fourth-order valence-electron chi connectivity index (χ4n) is 1.65. The second-order valence-electron chi connectivity index (χ2n) is 4.07. The summed E-state index contributed by atoms with van der Waals surface area (Å²) in [5, 5.41) is 6.55. The Kier molecular flexibility index (Phi) is 8.53. The third-order valence-corrected chi connectivity index (χ3v) is 3.70. The highest BCUT2D eigenvalue weighted by molar-refractivity contribution is 9.10. The summed E-state index contributed by atoms with van der Waals surface area (Å²) in [4.78, 5) is 4.59. The molecule has 0 saturated heterocycles. The van der Waals surface area contributed by atoms with Crippen molar-refractivity contribution in [2.24, 2.45) is 4.99 Å². The molecule has 0 spiro atoms. The zero-order valence-corrected chi connectivity index (χ0v) is 14.6. The molecule has 0 aliphatic heterocycles. The van der Waals surface area contributed by atoms with Gasteiger partial charge in [-0.1, -0.05) is 15.9 Å². The van der Waals surface area contributed by atoms with Crippen LogP contribution in [0.25, 0.3) is 0 Å². The lowest BCUT2D eigenvalue weighted by Crippen LogP contribution is -2.38. The number of rotatable bonds is 7. The molecule has 0 fully saturated rings. The Balaban J connectivity index is 2.72. The molecule has 6 heteroatoms. The molecule has 1 aromatic rings. The lowest BCUT2D eigenvalue weighted by molar-refractivity contribution is 0.409. The molecule has 0 amide bonds. The normalized spacial score (nSPS) is 11.3. The van der Waals surface area contributed by atoms with Gasteiger partial charge in [0.2, 0.25) is 0 Å². The molecule has 1 rings (SSSR count). The summed E-state index contributed by atoms with van der Waals surface area (Å²) >= 11 is 5.29. The van der Waals surface area contributed by atoms with E-state index in [0.717, 1.165) is 40.6 Å². The number of guanidine groups is 1. The maximum absolute atomic E-state index is 5.36. The minimum absolute atomic E-state index is 0.581. The van der Waals surface area contributed by atoms with E-state index in [9.17, 15) is 0 Å². The van der Waals surface area contributed by atoms with Gasteiger partial charge in [-0.25, -0.2) is 4.99 Å². The van der Waals surface area contributed by atoms with Crippen LogP contribution in [0.5, 0.6) is 5.75 Å². The first-order chi connectivity index (χ1) is 9.71. The molecule has 0 aliphatic carbocycles. The number of hydrogen-bond donors (Lipinski definition) is 2. The Hall–Kier alpha value is -0.880. The number of nitrogens with zero attached hydrogens (tertiary/aromatic N) is 1. The van der Waals surface area contributed by atoms with E-state index in [1.807, 2.05) is 30.0 Å². The van der Waals surface area contributed by atoms with Crippen molar-refractivity contribution >= 4 is 33.7 Å². The van der Waals surface area contributed by atoms with Crippen molar-refractivity contribution in [2.75, 3.05) is 32.2 Å². The Morgan fingerprint density at radius 2 is 2.20 bits per heavy atom. The minimum atomic E-state index is 0.581. The molecule has 0 bridgehead atoms. The van der Waals surface area contributed by atoms with E-state index < -0.39 is 0 Å². The van der Waals surface area contributed by atoms with Crippen molar-refractivity contribution in [2.45, 2.75) is 13.5 Å². The van der Waals surface area contributed by atoms with Crippen LogP contribution >= 0.6 is 27.7 Å². The van der Waals surface area contributed by atoms with Crippen molar-refractivity contribution in [1.82, 2.24) is 10.6 Å². The van der Waals surface area contributed by atoms with Crippen LogP contribution in [-0.4, -0.2) is 38.2 Å². The maximum Gasteiger partial charge on any atom is 0.191 e. The van der Waals surface area contributed by atoms with Gasteiger partial charge >= 0.3 is 0 Å². The van der Waals surface area contributed by atoms with Crippen LogP contribution in [-0.2, 0) is 6.54 Å². The van der Waals surface area contributed by atoms with Crippen LogP contribution in [0.2, 0.25) is 0 Å². The number of methoxy groups -OCH3 is 1. The van der Waals surface area contributed by atoms with E-state index in [0.29, 0.717) is 6.54 Å². The second kappa shape index (κ2) is 9.94. The summed E-state index contributed by atoms with van der Waals surface area (Å²) in [7, 11) is 1.68. The molecule has 4 nitrogen and oxygen atoms in total. The first-order valence-electron chi connectivity index (χ1n) is 6.54. The predicted molar refractivity (Wildman–Crippen MR) is 91.9 cm³/mol. The molecule has 2 N–H and O–H groups in total. The van der Waals surface area contributed by atoms with Gasteiger partial charge < -0.3 is 15.4 Å². The molecule has 0 aromatic heterocycles. The highest BCUT2D eigenvalue weighted by Crippen LogP contribution is 2.23. The van der Waals surface area contributed by atoms with Crippen LogP contribution in [0, 0.1) is 0 Å². The summed E-state index contributed by atoms with van der Waals surface area (Å²) in [6, 6.07) is 5.95. The van der Waals surface area contributed by atoms with E-state index in [4.69, 9.17) is 4.74 Å². The number of benzene rings is 1. The first-order valence-corrected chi connectivity index (χ1v) is 8.73. The molecule has 0 unspecified atom stereocenters. The van der Waals surface area contributed by atoms with Crippen LogP contribution < -0.4 is 15.4 Å². The molecule has 0 aliphatic rings. The number of nitrogens with one attached hydrogen (secondary N) is 2. The molecular formula is C14H22BrN3OS. The van der Waals surface area contributed by atoms with Crippen LogP contribution in [0.3, 0.4) is 0 Å². The maximum atomic E-state index is 5.36. The van der Waals surface area contributed by atoms with Gasteiger partial charge in [-0.2, -0.15) is 11.8 Å². The van der Waals surface area contributed by atoms with Gasteiger partial charge in [0, 0.05) is 28.9 Å². The Bertz CT molecular complexity index is 440. The van der Waals surface area contributed by atoms with E-state index in [2.05, 4.69) is 44.7 Å². The second-order valence-corrected chi connectivity index (χ2v) is 5.97. The van der Waals surface area contributed by atoms with E-state index in [1.165, 1.54) is 0 Å². The average Bonchev–Trinajstić information content (AvgIpc) is 2.45. The monoisotopic (exact) mass is 359 g/mol. The van der Waals surface area contributed by atoms with Gasteiger partial charge in [-0.3, -0.25) is 0 Å². The van der Waals surface area contributed by atoms with Gasteiger partial charge in [-0.05, 0) is 31.4 Å². The average molecular weight is 360 g/mol. The Morgan fingerprint density at radius 1 is 1.40 bits per heavy atom. The largest absolute Gasteiger partial charge is 0.496 e. The first kappa shape index (κ1) is 17.2. The van der Waals surface area contributed by atoms with E-state index in [1.54, 1.807) is 7.11 Å². The molecule has 1 aromatic carbocycles. The summed E-state index contributed by atoms with van der Waals surface area (Å²) in [6.07, 6.45) is 2.10. The summed E-state index contributed by atoms with van der Waals surface area (Å²) < 4.78 is 6.39. The molecule has 0 atom stereocenters. The minimum Gasteiger partial charge on any atom is -0.496 e. The third kappa shape index (κ3) is 6.05. The highest BCUT2D eigenvalue weighted by Gasteiger charge is 2.04. The van der Waals surface area contributed by atoms with Gasteiger partial charge in [0.05, 0.1) is 13.7 Å². The quantitative estimate of drug-likeness (QED) is 0.446. The molecule has 20 heavy (non-hydrogen) atoms. The number of hydrogen-bond acceptors (Lipinski definition) is 3. The van der Waals surface area contributed by atoms with Gasteiger partial charge in [0.1, 0.15) is 5.75 Å². The van der Waals surface area contributed by atoms with E-state index in [-0.39, 0.29) is 0 Å². The molecular weight excluding hydrogens is 338 g/mol. The van der Waals surface area contributed by atoms with Gasteiger partial charge in [-0.15, -0.1) is 0 Å². The highest BCUT2D eigenvalue weighted by atomic mass is 79.9. The zero-order chi connectivity index (χ0) is 14.8. The lowest BCUT2D eigenvalue weighted by Gasteiger charge is -2.12. The summed E-state index contributed by atoms with van der Waals surface area (Å²) in [5.74, 6) is 2.76. The fraction of sp³-hybridized carbons (Fsp3) is 0.500. The third-order valence-electron chi connectivity index (χ3n) is 2.59. The SMILES string of the molecule is CCNC(=NCc1cc(Br)ccc1OC)NCCSC. The van der Waals surface area contributed by atoms with Crippen molar-refractivity contribution in [3.8, 4) is 5.75 Å². The standard InChI is InChI=1S/C14H22BrN3OS/c1-4-16-14(17-7-8-20-3)18-10-11-9-12(15)5-6-13(11)19-2/h5-6,9H,4,7-8,10H2,1-3H3,(H2,16,17,18). The predicted octanol–water partition coefficient (Wildman–Crippen LogP) is 2.88. The summed E-state index contributed by atoms with van der Waals surface area (Å²) in [5.41, 5.74) is 1.06. The van der Waals surface area contributed by atoms with Crippen LogP contribution in [0.15, 0.2) is 27.7 Å². The molecule has 0 heterocycles. The molecule has 112 valence electrons. The van der Waals surface area contributed by atoms with Gasteiger partial charge in [0.15, 0.2) is 5.96 Å². The van der Waals surface area contributed by atoms with Crippen molar-refractivity contribution in [3.63, 3.8) is 0 Å². The van der Waals surface area contributed by atoms with Gasteiger partial charge in [0.25, 0.3) is 0 Å². The number of thioether (sulfide) groups is 1. The zero-order valence-electron chi connectivity index (χ0n) is 12.2. The van der Waals surface area contributed by atoms with Crippen molar-refractivity contribution in [3.05, 3.63) is 28.2 Å². The smallest absolute Gasteiger partial charge is 0.191 e. The number of ether oxygens (including phenoxy) is 1. The van der Waals surface area contributed by atoms with Crippen molar-refractivity contribution < 1.29 is 4.74 Å². The number of aliphatic imine (C=N–C) groups is 1. The topological polar surface area (TPSA) is 45.7 Å². The molecule has 0 radical (unpaired) electrons. The fourth-order valence-corrected chi connectivity index (χ4v) is 2.36.